The third kappa shape index (κ3) is 4.11. The molecule has 2 unspecified atom stereocenters. The first kappa shape index (κ1) is 19.3. The molecule has 1 amide bonds. The molecule has 0 spiro atoms. The first-order chi connectivity index (χ1) is 12.9. The molecule has 27 heavy (non-hydrogen) atoms. The molecule has 0 aromatic heterocycles. The van der Waals surface area contributed by atoms with Gasteiger partial charge in [0.2, 0.25) is 0 Å². The summed E-state index contributed by atoms with van der Waals surface area (Å²) < 4.78 is 0. The number of aryl methyl sites for hydroxylation is 2. The van der Waals surface area contributed by atoms with Gasteiger partial charge in [-0.05, 0) is 62.8 Å². The topological polar surface area (TPSA) is 63.4 Å². The second-order valence-electron chi connectivity index (χ2n) is 7.69. The third-order valence-corrected chi connectivity index (χ3v) is 5.66. The van der Waals surface area contributed by atoms with Crippen molar-refractivity contribution >= 4 is 11.7 Å². The van der Waals surface area contributed by atoms with Crippen LogP contribution in [0.4, 0.5) is 0 Å². The van der Waals surface area contributed by atoms with Crippen molar-refractivity contribution in [1.29, 1.82) is 0 Å². The maximum Gasteiger partial charge on any atom is 0.254 e. The molecule has 0 aliphatic carbocycles. The highest BCUT2D eigenvalue weighted by molar-refractivity contribution is 6.15. The summed E-state index contributed by atoms with van der Waals surface area (Å²) in [6.45, 7) is 7.38. The van der Waals surface area contributed by atoms with E-state index in [1.807, 2.05) is 56.0 Å². The number of nitrogens with zero attached hydrogens (tertiary/aromatic N) is 1. The fraction of sp³-hybridized carbons (Fsp3) is 0.391. The first-order valence-corrected chi connectivity index (χ1v) is 9.64. The molecular weight excluding hydrogens is 336 g/mol. The predicted molar refractivity (Wildman–Crippen MR) is 108 cm³/mol. The average molecular weight is 364 g/mol. The Hall–Kier alpha value is -2.46. The zero-order valence-corrected chi connectivity index (χ0v) is 16.4. The number of nitrogens with two attached hydrogens (primary N) is 1. The zero-order chi connectivity index (χ0) is 19.6. The molecule has 4 heteroatoms. The number of likely N-dealkylation sites (tertiary alicyclic amines) is 1. The van der Waals surface area contributed by atoms with E-state index < -0.39 is 0 Å². The number of piperidine rings is 1. The summed E-state index contributed by atoms with van der Waals surface area (Å²) >= 11 is 0. The van der Waals surface area contributed by atoms with Crippen LogP contribution in [0.25, 0.3) is 0 Å². The van der Waals surface area contributed by atoms with Crippen LogP contribution in [-0.2, 0) is 0 Å². The SMILES string of the molecule is Cc1ccc(C(=O)c2ccccc2C(=O)N2CCCC(C(C)N)C2)cc1C. The van der Waals surface area contributed by atoms with E-state index in [0.29, 0.717) is 35.7 Å². The molecule has 1 heterocycles. The van der Waals surface area contributed by atoms with E-state index in [1.165, 1.54) is 0 Å². The van der Waals surface area contributed by atoms with Gasteiger partial charge in [-0.25, -0.2) is 0 Å². The number of hydrogen-bond acceptors (Lipinski definition) is 3. The molecular formula is C23H28N2O2. The van der Waals surface area contributed by atoms with Crippen molar-refractivity contribution < 1.29 is 9.59 Å². The molecule has 2 N–H and O–H groups in total. The second kappa shape index (κ2) is 8.05. The molecule has 1 saturated heterocycles. The lowest BCUT2D eigenvalue weighted by atomic mass is 9.91. The van der Waals surface area contributed by atoms with Crippen LogP contribution in [0.2, 0.25) is 0 Å². The summed E-state index contributed by atoms with van der Waals surface area (Å²) in [5.41, 5.74) is 9.83. The zero-order valence-electron chi connectivity index (χ0n) is 16.4. The van der Waals surface area contributed by atoms with Crippen LogP contribution in [0.15, 0.2) is 42.5 Å². The lowest BCUT2D eigenvalue weighted by molar-refractivity contribution is 0.0657. The number of hydrogen-bond donors (Lipinski definition) is 1. The van der Waals surface area contributed by atoms with Crippen LogP contribution >= 0.6 is 0 Å². The largest absolute Gasteiger partial charge is 0.338 e. The Bertz CT molecular complexity index is 857. The highest BCUT2D eigenvalue weighted by atomic mass is 16.2. The molecule has 3 rings (SSSR count). The van der Waals surface area contributed by atoms with E-state index in [-0.39, 0.29) is 17.7 Å². The summed E-state index contributed by atoms with van der Waals surface area (Å²) in [6, 6.07) is 12.9. The van der Waals surface area contributed by atoms with Gasteiger partial charge in [-0.2, -0.15) is 0 Å². The van der Waals surface area contributed by atoms with E-state index >= 15 is 0 Å². The monoisotopic (exact) mass is 364 g/mol. The number of rotatable bonds is 4. The van der Waals surface area contributed by atoms with E-state index in [4.69, 9.17) is 5.73 Å². The van der Waals surface area contributed by atoms with Crippen molar-refractivity contribution in [2.24, 2.45) is 11.7 Å². The van der Waals surface area contributed by atoms with Gasteiger partial charge in [-0.3, -0.25) is 9.59 Å². The Morgan fingerprint density at radius 1 is 1.07 bits per heavy atom. The van der Waals surface area contributed by atoms with Crippen LogP contribution in [0.1, 0.15) is 57.2 Å². The second-order valence-corrected chi connectivity index (χ2v) is 7.69. The van der Waals surface area contributed by atoms with Gasteiger partial charge in [0.1, 0.15) is 0 Å². The fourth-order valence-corrected chi connectivity index (χ4v) is 3.70. The van der Waals surface area contributed by atoms with E-state index in [1.54, 1.807) is 12.1 Å². The van der Waals surface area contributed by atoms with Crippen molar-refractivity contribution in [2.45, 2.75) is 39.7 Å². The molecule has 142 valence electrons. The molecule has 2 aromatic carbocycles. The van der Waals surface area contributed by atoms with Crippen LogP contribution in [0.3, 0.4) is 0 Å². The first-order valence-electron chi connectivity index (χ1n) is 9.64. The number of carbonyl (C=O) groups excluding carboxylic acids is 2. The third-order valence-electron chi connectivity index (χ3n) is 5.66. The van der Waals surface area contributed by atoms with Crippen molar-refractivity contribution in [1.82, 2.24) is 4.90 Å². The molecule has 2 atom stereocenters. The minimum Gasteiger partial charge on any atom is -0.338 e. The maximum absolute atomic E-state index is 13.2. The minimum atomic E-state index is -0.109. The Morgan fingerprint density at radius 3 is 2.44 bits per heavy atom. The summed E-state index contributed by atoms with van der Waals surface area (Å²) in [7, 11) is 0. The number of carbonyl (C=O) groups is 2. The molecule has 0 saturated carbocycles. The maximum atomic E-state index is 13.2. The van der Waals surface area contributed by atoms with E-state index in [9.17, 15) is 9.59 Å². The Morgan fingerprint density at radius 2 is 1.78 bits per heavy atom. The predicted octanol–water partition coefficient (Wildman–Crippen LogP) is 3.73. The Balaban J connectivity index is 1.90. The fourth-order valence-electron chi connectivity index (χ4n) is 3.70. The summed E-state index contributed by atoms with van der Waals surface area (Å²) in [4.78, 5) is 28.1. The number of amides is 1. The summed E-state index contributed by atoms with van der Waals surface area (Å²) in [6.07, 6.45) is 2.00. The van der Waals surface area contributed by atoms with Gasteiger partial charge in [0.25, 0.3) is 5.91 Å². The summed E-state index contributed by atoms with van der Waals surface area (Å²) in [5, 5.41) is 0. The van der Waals surface area contributed by atoms with Crippen molar-refractivity contribution in [3.05, 3.63) is 70.3 Å². The van der Waals surface area contributed by atoms with E-state index in [0.717, 1.165) is 24.0 Å². The normalized spacial score (nSPS) is 18.2. The average Bonchev–Trinajstić information content (AvgIpc) is 2.69. The molecule has 1 fully saturated rings. The number of benzene rings is 2. The van der Waals surface area contributed by atoms with Crippen molar-refractivity contribution in [2.75, 3.05) is 13.1 Å². The molecule has 0 radical (unpaired) electrons. The lowest BCUT2D eigenvalue weighted by Crippen LogP contribution is -2.45. The molecule has 4 nitrogen and oxygen atoms in total. The molecule has 2 aromatic rings. The highest BCUT2D eigenvalue weighted by Gasteiger charge is 2.28. The number of ketones is 1. The van der Waals surface area contributed by atoms with Crippen LogP contribution < -0.4 is 5.73 Å². The quantitative estimate of drug-likeness (QED) is 0.841. The highest BCUT2D eigenvalue weighted by Crippen LogP contribution is 2.23. The van der Waals surface area contributed by atoms with Gasteiger partial charge in [0, 0.05) is 30.3 Å². The van der Waals surface area contributed by atoms with Gasteiger partial charge in [0.15, 0.2) is 5.78 Å². The molecule has 1 aliphatic heterocycles. The smallest absolute Gasteiger partial charge is 0.254 e. The Kier molecular flexibility index (Phi) is 5.76. The van der Waals surface area contributed by atoms with Gasteiger partial charge in [0.05, 0.1) is 5.56 Å². The van der Waals surface area contributed by atoms with Crippen molar-refractivity contribution in [3.63, 3.8) is 0 Å². The van der Waals surface area contributed by atoms with Gasteiger partial charge < -0.3 is 10.6 Å². The van der Waals surface area contributed by atoms with Crippen LogP contribution in [0.5, 0.6) is 0 Å². The van der Waals surface area contributed by atoms with E-state index in [2.05, 4.69) is 0 Å². The van der Waals surface area contributed by atoms with Gasteiger partial charge in [-0.1, -0.05) is 30.3 Å². The standard InChI is InChI=1S/C23H28N2O2/c1-15-10-11-18(13-16(15)2)22(26)20-8-4-5-9-21(20)23(27)25-12-6-7-19(14-25)17(3)24/h4-5,8-11,13,17,19H,6-7,12,14,24H2,1-3H3. The Labute approximate surface area is 161 Å². The van der Waals surface area contributed by atoms with Gasteiger partial charge >= 0.3 is 0 Å². The van der Waals surface area contributed by atoms with Gasteiger partial charge in [-0.15, -0.1) is 0 Å². The van der Waals surface area contributed by atoms with Crippen LogP contribution in [-0.4, -0.2) is 35.7 Å². The summed E-state index contributed by atoms with van der Waals surface area (Å²) in [5.74, 6) is 0.126. The minimum absolute atomic E-state index is 0.0630. The van der Waals surface area contributed by atoms with Crippen molar-refractivity contribution in [3.8, 4) is 0 Å². The molecule has 0 bridgehead atoms. The molecule has 1 aliphatic rings. The lowest BCUT2D eigenvalue weighted by Gasteiger charge is -2.35. The van der Waals surface area contributed by atoms with Crippen LogP contribution in [0, 0.1) is 19.8 Å².